The molecule has 0 atom stereocenters. The van der Waals surface area contributed by atoms with Gasteiger partial charge in [-0.2, -0.15) is 0 Å². The van der Waals surface area contributed by atoms with Crippen LogP contribution in [0.25, 0.3) is 0 Å². The number of rotatable bonds is 5. The molecule has 1 amide bonds. The van der Waals surface area contributed by atoms with Crippen LogP contribution in [-0.2, 0) is 11.3 Å². The molecule has 0 bridgehead atoms. The monoisotopic (exact) mass is 294 g/mol. The van der Waals surface area contributed by atoms with E-state index in [4.69, 9.17) is 0 Å². The minimum Gasteiger partial charge on any atom is -0.350 e. The number of nitrogens with one attached hydrogen (secondary N) is 1. The third-order valence-electron chi connectivity index (χ3n) is 2.45. The van der Waals surface area contributed by atoms with Gasteiger partial charge in [0.1, 0.15) is 0 Å². The molecule has 20 heavy (non-hydrogen) atoms. The fourth-order valence-corrected chi connectivity index (χ4v) is 2.21. The average molecular weight is 294 g/mol. The molecule has 0 unspecified atom stereocenters. The fourth-order valence-electron chi connectivity index (χ4n) is 1.46. The predicted molar refractivity (Wildman–Crippen MR) is 73.2 cm³/mol. The van der Waals surface area contributed by atoms with Crippen LogP contribution in [0.3, 0.4) is 0 Å². The first-order valence-electron chi connectivity index (χ1n) is 5.89. The van der Waals surface area contributed by atoms with Crippen molar-refractivity contribution in [3.8, 4) is 0 Å². The van der Waals surface area contributed by atoms with Gasteiger partial charge in [-0.25, -0.2) is 8.78 Å². The lowest BCUT2D eigenvalue weighted by Gasteiger charge is -2.05. The second kappa shape index (κ2) is 7.00. The van der Waals surface area contributed by atoms with Crippen LogP contribution in [0.2, 0.25) is 0 Å². The first-order valence-corrected chi connectivity index (χ1v) is 6.88. The number of carbonyl (C=O) groups is 1. The van der Waals surface area contributed by atoms with Gasteiger partial charge in [0.25, 0.3) is 0 Å². The Bertz CT molecular complexity index is 593. The van der Waals surface area contributed by atoms with E-state index in [1.807, 2.05) is 12.1 Å². The number of benzene rings is 1. The van der Waals surface area contributed by atoms with E-state index in [-0.39, 0.29) is 11.7 Å². The van der Waals surface area contributed by atoms with Crippen molar-refractivity contribution in [1.82, 2.24) is 10.3 Å². The Morgan fingerprint density at radius 2 is 2.05 bits per heavy atom. The number of halogens is 2. The summed E-state index contributed by atoms with van der Waals surface area (Å²) < 4.78 is 25.7. The molecule has 104 valence electrons. The first-order chi connectivity index (χ1) is 9.65. The van der Waals surface area contributed by atoms with Gasteiger partial charge in [0.2, 0.25) is 5.91 Å². The van der Waals surface area contributed by atoms with Crippen LogP contribution in [0.15, 0.2) is 47.5 Å². The summed E-state index contributed by atoms with van der Waals surface area (Å²) in [6.45, 7) is 0.345. The largest absolute Gasteiger partial charge is 0.350 e. The second-order valence-corrected chi connectivity index (χ2v) is 5.01. The van der Waals surface area contributed by atoms with Crippen LogP contribution in [0.4, 0.5) is 8.78 Å². The highest BCUT2D eigenvalue weighted by Crippen LogP contribution is 2.19. The Morgan fingerprint density at radius 3 is 2.75 bits per heavy atom. The molecule has 2 aromatic rings. The number of carbonyl (C=O) groups excluding carboxylic acids is 1. The van der Waals surface area contributed by atoms with E-state index in [0.29, 0.717) is 11.4 Å². The summed E-state index contributed by atoms with van der Waals surface area (Å²) in [5.41, 5.74) is 0.763. The average Bonchev–Trinajstić information content (AvgIpc) is 2.47. The maximum atomic E-state index is 13.0. The van der Waals surface area contributed by atoms with Gasteiger partial charge >= 0.3 is 0 Å². The fraction of sp³-hybridized carbons (Fsp3) is 0.143. The highest BCUT2D eigenvalue weighted by molar-refractivity contribution is 8.00. The van der Waals surface area contributed by atoms with Crippen molar-refractivity contribution >= 4 is 17.7 Å². The molecule has 3 nitrogen and oxygen atoms in total. The molecule has 0 saturated carbocycles. The Labute approximate surface area is 119 Å². The first kappa shape index (κ1) is 14.5. The molecular formula is C14H12F2N2OS. The molecule has 0 spiro atoms. The molecule has 0 fully saturated rings. The van der Waals surface area contributed by atoms with Gasteiger partial charge in [0.15, 0.2) is 11.6 Å². The number of hydrogen-bond acceptors (Lipinski definition) is 3. The molecule has 0 aliphatic heterocycles. The summed E-state index contributed by atoms with van der Waals surface area (Å²) in [7, 11) is 0. The normalized spacial score (nSPS) is 10.3. The molecule has 6 heteroatoms. The Morgan fingerprint density at radius 1 is 1.20 bits per heavy atom. The molecule has 1 N–H and O–H groups in total. The summed E-state index contributed by atoms with van der Waals surface area (Å²) in [4.78, 5) is 16.2. The molecule has 0 aliphatic carbocycles. The smallest absolute Gasteiger partial charge is 0.230 e. The summed E-state index contributed by atoms with van der Waals surface area (Å²) >= 11 is 1.15. The van der Waals surface area contributed by atoms with E-state index in [1.54, 1.807) is 12.3 Å². The highest BCUT2D eigenvalue weighted by atomic mass is 32.2. The lowest BCUT2D eigenvalue weighted by molar-refractivity contribution is -0.118. The van der Waals surface area contributed by atoms with Crippen LogP contribution in [-0.4, -0.2) is 16.6 Å². The minimum absolute atomic E-state index is 0.137. The third kappa shape index (κ3) is 4.31. The van der Waals surface area contributed by atoms with Gasteiger partial charge in [-0.15, -0.1) is 11.8 Å². The minimum atomic E-state index is -0.913. The number of amides is 1. The number of thioether (sulfide) groups is 1. The SMILES string of the molecule is O=C(CSc1ccc(F)c(F)c1)NCc1ccccn1. The van der Waals surface area contributed by atoms with Crippen molar-refractivity contribution in [1.29, 1.82) is 0 Å². The Balaban J connectivity index is 1.79. The van der Waals surface area contributed by atoms with Crippen molar-refractivity contribution in [3.05, 3.63) is 59.9 Å². The van der Waals surface area contributed by atoms with Crippen molar-refractivity contribution < 1.29 is 13.6 Å². The van der Waals surface area contributed by atoms with Crippen LogP contribution in [0.1, 0.15) is 5.69 Å². The molecule has 0 aliphatic rings. The van der Waals surface area contributed by atoms with Gasteiger partial charge in [-0.05, 0) is 30.3 Å². The van der Waals surface area contributed by atoms with E-state index in [2.05, 4.69) is 10.3 Å². The number of pyridine rings is 1. The number of hydrogen-bond donors (Lipinski definition) is 1. The zero-order valence-corrected chi connectivity index (χ0v) is 11.3. The third-order valence-corrected chi connectivity index (χ3v) is 3.45. The summed E-state index contributed by atoms with van der Waals surface area (Å²) in [6, 6.07) is 9.00. The van der Waals surface area contributed by atoms with E-state index in [0.717, 1.165) is 29.6 Å². The zero-order chi connectivity index (χ0) is 14.4. The van der Waals surface area contributed by atoms with E-state index >= 15 is 0 Å². The van der Waals surface area contributed by atoms with Crippen molar-refractivity contribution in [3.63, 3.8) is 0 Å². The molecule has 2 rings (SSSR count). The van der Waals surface area contributed by atoms with Crippen LogP contribution < -0.4 is 5.32 Å². The van der Waals surface area contributed by atoms with Crippen LogP contribution >= 0.6 is 11.8 Å². The maximum Gasteiger partial charge on any atom is 0.230 e. The van der Waals surface area contributed by atoms with Crippen molar-refractivity contribution in [2.75, 3.05) is 5.75 Å². The molecule has 0 radical (unpaired) electrons. The van der Waals surface area contributed by atoms with Gasteiger partial charge in [-0.1, -0.05) is 6.07 Å². The van der Waals surface area contributed by atoms with E-state index in [1.165, 1.54) is 6.07 Å². The van der Waals surface area contributed by atoms with Crippen LogP contribution in [0, 0.1) is 11.6 Å². The summed E-state index contributed by atoms with van der Waals surface area (Å²) in [5.74, 6) is -1.86. The van der Waals surface area contributed by atoms with Gasteiger partial charge in [-0.3, -0.25) is 9.78 Å². The van der Waals surface area contributed by atoms with E-state index in [9.17, 15) is 13.6 Å². The lowest BCUT2D eigenvalue weighted by atomic mass is 10.3. The summed E-state index contributed by atoms with van der Waals surface area (Å²) in [6.07, 6.45) is 1.65. The maximum absolute atomic E-state index is 13.0. The number of nitrogens with zero attached hydrogens (tertiary/aromatic N) is 1. The van der Waals surface area contributed by atoms with Gasteiger partial charge < -0.3 is 5.32 Å². The molecule has 0 saturated heterocycles. The molecular weight excluding hydrogens is 282 g/mol. The van der Waals surface area contributed by atoms with Crippen molar-refractivity contribution in [2.24, 2.45) is 0 Å². The molecule has 1 aromatic heterocycles. The molecule has 1 heterocycles. The second-order valence-electron chi connectivity index (χ2n) is 3.96. The Kier molecular flexibility index (Phi) is 5.06. The van der Waals surface area contributed by atoms with Crippen LogP contribution in [0.5, 0.6) is 0 Å². The topological polar surface area (TPSA) is 42.0 Å². The Hall–Kier alpha value is -1.95. The van der Waals surface area contributed by atoms with Crippen molar-refractivity contribution in [2.45, 2.75) is 11.4 Å². The molecule has 1 aromatic carbocycles. The quantitative estimate of drug-likeness (QED) is 0.862. The van der Waals surface area contributed by atoms with Gasteiger partial charge in [0.05, 0.1) is 18.0 Å². The predicted octanol–water partition coefficient (Wildman–Crippen LogP) is 2.77. The lowest BCUT2D eigenvalue weighted by Crippen LogP contribution is -2.24. The number of aromatic nitrogens is 1. The highest BCUT2D eigenvalue weighted by Gasteiger charge is 2.06. The zero-order valence-electron chi connectivity index (χ0n) is 10.5. The van der Waals surface area contributed by atoms with Gasteiger partial charge in [0, 0.05) is 11.1 Å². The van der Waals surface area contributed by atoms with E-state index < -0.39 is 11.6 Å². The standard InChI is InChI=1S/C14H12F2N2OS/c15-12-5-4-11(7-13(12)16)20-9-14(19)18-8-10-3-1-2-6-17-10/h1-7H,8-9H2,(H,18,19). The summed E-state index contributed by atoms with van der Waals surface area (Å²) in [5, 5.41) is 2.71.